The highest BCUT2D eigenvalue weighted by Gasteiger charge is 2.27. The molecule has 6 heteroatoms. The third kappa shape index (κ3) is 2.98. The molecule has 1 fully saturated rings. The highest BCUT2D eigenvalue weighted by molar-refractivity contribution is 5.51. The number of aromatic nitrogens is 3. The Bertz CT molecular complexity index is 796. The van der Waals surface area contributed by atoms with Crippen molar-refractivity contribution >= 4 is 0 Å². The van der Waals surface area contributed by atoms with Crippen molar-refractivity contribution in [1.82, 2.24) is 19.6 Å². The average Bonchev–Trinajstić information content (AvgIpc) is 3.25. The van der Waals surface area contributed by atoms with E-state index in [9.17, 15) is 0 Å². The first kappa shape index (κ1) is 15.1. The van der Waals surface area contributed by atoms with Gasteiger partial charge in [0.1, 0.15) is 0 Å². The topological polar surface area (TPSA) is 56.3 Å². The monoisotopic (exact) mass is 324 g/mol. The Labute approximate surface area is 140 Å². The summed E-state index contributed by atoms with van der Waals surface area (Å²) in [5.41, 5.74) is 2.18. The van der Waals surface area contributed by atoms with Gasteiger partial charge in [-0.2, -0.15) is 4.98 Å². The molecule has 1 atom stereocenters. The minimum absolute atomic E-state index is 0.206. The van der Waals surface area contributed by atoms with Gasteiger partial charge < -0.3 is 13.8 Å². The van der Waals surface area contributed by atoms with Crippen molar-refractivity contribution in [3.63, 3.8) is 0 Å². The Kier molecular flexibility index (Phi) is 4.15. The zero-order valence-electron chi connectivity index (χ0n) is 13.6. The minimum Gasteiger partial charge on any atom is -0.378 e. The molecule has 1 aromatic carbocycles. The summed E-state index contributed by atoms with van der Waals surface area (Å²) in [6, 6.07) is 14.2. The Morgan fingerprint density at radius 2 is 2.04 bits per heavy atom. The molecule has 1 unspecified atom stereocenters. The Morgan fingerprint density at radius 1 is 1.17 bits per heavy atom. The lowest BCUT2D eigenvalue weighted by Crippen LogP contribution is -2.40. The van der Waals surface area contributed by atoms with Crippen LogP contribution in [-0.4, -0.2) is 39.4 Å². The second-order valence-corrected chi connectivity index (χ2v) is 5.99. The van der Waals surface area contributed by atoms with Crippen LogP contribution < -0.4 is 0 Å². The Hall–Kier alpha value is -2.44. The number of morpholine rings is 1. The number of hydrogen-bond acceptors (Lipinski definition) is 5. The number of aryl methyl sites for hydroxylation is 1. The maximum atomic E-state index is 5.68. The van der Waals surface area contributed by atoms with Crippen LogP contribution in [0.5, 0.6) is 0 Å². The number of ether oxygens (including phenoxy) is 1. The van der Waals surface area contributed by atoms with Crippen LogP contribution in [0.15, 0.2) is 53.2 Å². The molecule has 0 saturated carbocycles. The van der Waals surface area contributed by atoms with Crippen LogP contribution in [-0.2, 0) is 18.3 Å². The number of benzene rings is 1. The summed E-state index contributed by atoms with van der Waals surface area (Å²) in [5, 5.41) is 4.15. The van der Waals surface area contributed by atoms with Gasteiger partial charge in [0.15, 0.2) is 5.82 Å². The van der Waals surface area contributed by atoms with E-state index in [1.165, 1.54) is 5.69 Å². The van der Waals surface area contributed by atoms with Gasteiger partial charge >= 0.3 is 0 Å². The summed E-state index contributed by atoms with van der Waals surface area (Å²) < 4.78 is 13.2. The summed E-state index contributed by atoms with van der Waals surface area (Å²) in [6.45, 7) is 2.91. The van der Waals surface area contributed by atoms with Gasteiger partial charge in [-0.3, -0.25) is 4.90 Å². The van der Waals surface area contributed by atoms with Gasteiger partial charge in [-0.05, 0) is 24.3 Å². The summed E-state index contributed by atoms with van der Waals surface area (Å²) in [6.07, 6.45) is 2.06. The van der Waals surface area contributed by atoms with E-state index < -0.39 is 0 Å². The van der Waals surface area contributed by atoms with Gasteiger partial charge in [-0.15, -0.1) is 0 Å². The summed E-state index contributed by atoms with van der Waals surface area (Å²) in [5.74, 6) is 1.27. The van der Waals surface area contributed by atoms with Crippen LogP contribution in [0.4, 0.5) is 0 Å². The number of hydrogen-bond donors (Lipinski definition) is 0. The van der Waals surface area contributed by atoms with Gasteiger partial charge in [0.05, 0.1) is 25.8 Å². The lowest BCUT2D eigenvalue weighted by atomic mass is 10.1. The maximum Gasteiger partial charge on any atom is 0.257 e. The third-order valence-electron chi connectivity index (χ3n) is 4.40. The predicted molar refractivity (Wildman–Crippen MR) is 89.1 cm³/mol. The number of nitrogens with zero attached hydrogens (tertiary/aromatic N) is 4. The first-order valence-corrected chi connectivity index (χ1v) is 8.12. The van der Waals surface area contributed by atoms with Gasteiger partial charge in [0, 0.05) is 31.0 Å². The highest BCUT2D eigenvalue weighted by Crippen LogP contribution is 2.26. The zero-order chi connectivity index (χ0) is 16.4. The third-order valence-corrected chi connectivity index (χ3v) is 4.40. The normalized spacial score (nSPS) is 18.8. The van der Waals surface area contributed by atoms with Crippen LogP contribution in [0, 0.1) is 0 Å². The molecule has 3 heterocycles. The van der Waals surface area contributed by atoms with Crippen molar-refractivity contribution in [2.75, 3.05) is 19.8 Å². The molecule has 24 heavy (non-hydrogen) atoms. The van der Waals surface area contributed by atoms with Crippen LogP contribution in [0.1, 0.15) is 17.6 Å². The number of rotatable bonds is 4. The fraction of sp³-hybridized carbons (Fsp3) is 0.333. The van der Waals surface area contributed by atoms with E-state index in [0.717, 1.165) is 18.7 Å². The predicted octanol–water partition coefficient (Wildman–Crippen LogP) is 2.65. The fourth-order valence-electron chi connectivity index (χ4n) is 3.12. The van der Waals surface area contributed by atoms with Gasteiger partial charge in [0.2, 0.25) is 0 Å². The van der Waals surface area contributed by atoms with Gasteiger partial charge in [-0.25, -0.2) is 0 Å². The fourth-order valence-corrected chi connectivity index (χ4v) is 3.12. The van der Waals surface area contributed by atoms with E-state index >= 15 is 0 Å². The quantitative estimate of drug-likeness (QED) is 0.738. The molecule has 1 saturated heterocycles. The molecule has 0 amide bonds. The van der Waals surface area contributed by atoms with E-state index in [-0.39, 0.29) is 6.04 Å². The molecule has 0 bridgehead atoms. The van der Waals surface area contributed by atoms with Crippen molar-refractivity contribution < 1.29 is 9.26 Å². The van der Waals surface area contributed by atoms with E-state index in [4.69, 9.17) is 9.26 Å². The molecule has 124 valence electrons. The molecule has 3 aromatic rings. The molecule has 0 N–H and O–H groups in total. The summed E-state index contributed by atoms with van der Waals surface area (Å²) in [7, 11) is 2.06. The molecule has 1 aliphatic rings. The Morgan fingerprint density at radius 3 is 2.83 bits per heavy atom. The molecular weight excluding hydrogens is 304 g/mol. The second-order valence-electron chi connectivity index (χ2n) is 5.99. The molecule has 0 spiro atoms. The van der Waals surface area contributed by atoms with E-state index in [2.05, 4.69) is 45.0 Å². The first-order chi connectivity index (χ1) is 11.8. The molecule has 0 aliphatic carbocycles. The Balaban J connectivity index is 1.53. The van der Waals surface area contributed by atoms with Crippen molar-refractivity contribution in [2.45, 2.75) is 12.6 Å². The summed E-state index contributed by atoms with van der Waals surface area (Å²) >= 11 is 0. The smallest absolute Gasteiger partial charge is 0.257 e. The summed E-state index contributed by atoms with van der Waals surface area (Å²) in [4.78, 5) is 6.89. The van der Waals surface area contributed by atoms with Crippen molar-refractivity contribution in [1.29, 1.82) is 0 Å². The molecule has 2 aromatic heterocycles. The van der Waals surface area contributed by atoms with Gasteiger partial charge in [0.25, 0.3) is 5.89 Å². The van der Waals surface area contributed by atoms with Crippen molar-refractivity contribution in [3.05, 3.63) is 60.2 Å². The highest BCUT2D eigenvalue weighted by atomic mass is 16.5. The largest absolute Gasteiger partial charge is 0.378 e. The van der Waals surface area contributed by atoms with Crippen LogP contribution in [0.3, 0.4) is 0 Å². The zero-order valence-corrected chi connectivity index (χ0v) is 13.6. The molecule has 6 nitrogen and oxygen atoms in total. The molecule has 0 radical (unpaired) electrons. The van der Waals surface area contributed by atoms with E-state index in [0.29, 0.717) is 24.9 Å². The van der Waals surface area contributed by atoms with Crippen LogP contribution in [0.25, 0.3) is 11.5 Å². The SMILES string of the molecule is Cn1cccc1C1COCCN1Cc1noc(-c2ccccc2)n1. The van der Waals surface area contributed by atoms with E-state index in [1.807, 2.05) is 30.3 Å². The first-order valence-electron chi connectivity index (χ1n) is 8.12. The molecule has 1 aliphatic heterocycles. The van der Waals surface area contributed by atoms with Gasteiger partial charge in [-0.1, -0.05) is 23.4 Å². The van der Waals surface area contributed by atoms with Crippen molar-refractivity contribution in [3.8, 4) is 11.5 Å². The van der Waals surface area contributed by atoms with E-state index in [1.54, 1.807) is 0 Å². The van der Waals surface area contributed by atoms with Crippen molar-refractivity contribution in [2.24, 2.45) is 7.05 Å². The molecular formula is C18H20N4O2. The average molecular weight is 324 g/mol. The maximum absolute atomic E-state index is 5.68. The lowest BCUT2D eigenvalue weighted by Gasteiger charge is -2.35. The minimum atomic E-state index is 0.206. The van der Waals surface area contributed by atoms with Crippen LogP contribution >= 0.6 is 0 Å². The lowest BCUT2D eigenvalue weighted by molar-refractivity contribution is -0.0165. The van der Waals surface area contributed by atoms with Crippen LogP contribution in [0.2, 0.25) is 0 Å². The molecule has 4 rings (SSSR count). The standard InChI is InChI=1S/C18H20N4O2/c1-21-9-5-8-15(21)16-13-23-11-10-22(16)12-17-19-18(24-20-17)14-6-3-2-4-7-14/h2-9,16H,10-13H2,1H3. The second kappa shape index (κ2) is 6.59.